The molecule has 0 fully saturated rings. The van der Waals surface area contributed by atoms with Gasteiger partial charge in [0.15, 0.2) is 0 Å². The molecule has 0 nitrogen and oxygen atoms in total. The van der Waals surface area contributed by atoms with E-state index in [-0.39, 0.29) is 1.43 Å². The third-order valence-corrected chi connectivity index (χ3v) is 0. The fraction of sp³-hybridized carbons (Fsp3) is 1.00. The van der Waals surface area contributed by atoms with Crippen molar-refractivity contribution >= 4 is 27.9 Å². The Labute approximate surface area is 57.7 Å². The summed E-state index contributed by atoms with van der Waals surface area (Å²) in [5.74, 6) is 0. The van der Waals surface area contributed by atoms with Crippen LogP contribution in [0, 0.1) is 0 Å². The Balaban J connectivity index is -0.0000000480. The first kappa shape index (κ1) is 10.5. The van der Waals surface area contributed by atoms with Crippen molar-refractivity contribution in [2.45, 2.75) is 13.8 Å². The van der Waals surface area contributed by atoms with E-state index in [2.05, 4.69) is 0 Å². The maximum absolute atomic E-state index is 4.97. The monoisotopic (exact) mass is 184 g/mol. The molecule has 0 N–H and O–H groups in total. The van der Waals surface area contributed by atoms with Gasteiger partial charge >= 0.3 is 42.6 Å². The Morgan fingerprint density at radius 3 is 1.17 bits per heavy atom. The van der Waals surface area contributed by atoms with Gasteiger partial charge in [-0.05, 0) is 0 Å². The zero-order chi connectivity index (χ0) is 5.58. The topological polar surface area (TPSA) is 0 Å². The smallest absolute Gasteiger partial charge is 1.00 e. The van der Waals surface area contributed by atoms with Gasteiger partial charge in [0, 0.05) is 0 Å². The SMILES string of the molecule is CC.[Cl][Ti+]([Cl])[Cl].[H-]. The van der Waals surface area contributed by atoms with Crippen molar-refractivity contribution in [1.82, 2.24) is 0 Å². The van der Waals surface area contributed by atoms with E-state index in [1.54, 1.807) is 0 Å². The van der Waals surface area contributed by atoms with Crippen LogP contribution in [0.5, 0.6) is 0 Å². The Bertz CT molecular complexity index is 17.7. The summed E-state index contributed by atoms with van der Waals surface area (Å²) in [5, 5.41) is 0. The molecule has 0 aliphatic carbocycles. The third-order valence-electron chi connectivity index (χ3n) is 0. The van der Waals surface area contributed by atoms with Gasteiger partial charge < -0.3 is 1.43 Å². The van der Waals surface area contributed by atoms with Crippen LogP contribution in [-0.4, -0.2) is 0 Å². The molecule has 0 aliphatic rings. The zero-order valence-electron chi connectivity index (χ0n) is 4.63. The summed E-state index contributed by atoms with van der Waals surface area (Å²) in [6, 6.07) is 0. The quantitative estimate of drug-likeness (QED) is 0.508. The number of hydrogen-bond acceptors (Lipinski definition) is 0. The van der Waals surface area contributed by atoms with Crippen LogP contribution >= 0.6 is 27.9 Å². The van der Waals surface area contributed by atoms with Crippen molar-refractivity contribution in [1.29, 1.82) is 0 Å². The van der Waals surface area contributed by atoms with E-state index in [9.17, 15) is 0 Å². The van der Waals surface area contributed by atoms with Gasteiger partial charge in [0.25, 0.3) is 0 Å². The minimum atomic E-state index is -1.92. The molecular formula is C2H7Cl3Ti. The van der Waals surface area contributed by atoms with Crippen molar-refractivity contribution in [3.05, 3.63) is 0 Å². The van der Waals surface area contributed by atoms with Crippen LogP contribution in [-0.2, 0) is 14.7 Å². The molecule has 0 heterocycles. The predicted octanol–water partition coefficient (Wildman–Crippen LogP) is 3.20. The van der Waals surface area contributed by atoms with Crippen LogP contribution in [0.4, 0.5) is 0 Å². The van der Waals surface area contributed by atoms with Gasteiger partial charge in [-0.25, -0.2) is 0 Å². The molecule has 0 aromatic carbocycles. The molecule has 4 heteroatoms. The molecule has 0 saturated carbocycles. The molecule has 6 heavy (non-hydrogen) atoms. The zero-order valence-corrected chi connectivity index (χ0v) is 7.46. The summed E-state index contributed by atoms with van der Waals surface area (Å²) >= 11 is -1.92. The van der Waals surface area contributed by atoms with E-state index in [1.165, 1.54) is 0 Å². The molecule has 0 spiro atoms. The molecule has 0 aromatic rings. The Hall–Kier alpha value is 1.58. The van der Waals surface area contributed by atoms with E-state index in [4.69, 9.17) is 27.9 Å². The van der Waals surface area contributed by atoms with E-state index in [0.717, 1.165) is 0 Å². The maximum atomic E-state index is 4.97. The minimum absolute atomic E-state index is 0. The van der Waals surface area contributed by atoms with E-state index in [0.29, 0.717) is 0 Å². The van der Waals surface area contributed by atoms with E-state index >= 15 is 0 Å². The Morgan fingerprint density at radius 2 is 1.17 bits per heavy atom. The predicted molar refractivity (Wildman–Crippen MR) is 30.0 cm³/mol. The second-order valence-electron chi connectivity index (χ2n) is 0.214. The first-order valence-electron chi connectivity index (χ1n) is 1.57. The Kier molecular flexibility index (Phi) is 17.2. The average molecular weight is 185 g/mol. The largest absolute Gasteiger partial charge is 1.00 e. The molecule has 0 radical (unpaired) electrons. The van der Waals surface area contributed by atoms with Gasteiger partial charge in [-0.2, -0.15) is 0 Å². The van der Waals surface area contributed by atoms with Gasteiger partial charge in [0.2, 0.25) is 0 Å². The summed E-state index contributed by atoms with van der Waals surface area (Å²) in [7, 11) is 14.9. The van der Waals surface area contributed by atoms with Crippen molar-refractivity contribution in [2.24, 2.45) is 0 Å². The fourth-order valence-corrected chi connectivity index (χ4v) is 0. The van der Waals surface area contributed by atoms with Crippen LogP contribution in [0.15, 0.2) is 0 Å². The minimum Gasteiger partial charge on any atom is -1.00 e. The number of halogens is 3. The van der Waals surface area contributed by atoms with Crippen LogP contribution in [0.2, 0.25) is 0 Å². The first-order valence-corrected chi connectivity index (χ1v) is 8.01. The molecule has 0 amide bonds. The van der Waals surface area contributed by atoms with Gasteiger partial charge in [-0.3, -0.25) is 0 Å². The molecule has 0 unspecified atom stereocenters. The van der Waals surface area contributed by atoms with Crippen molar-refractivity contribution in [2.75, 3.05) is 0 Å². The standard InChI is InChI=1S/C2H6.3ClH.Ti.H/c1-2;;;;;/h1-2H3;3*1H;;/q;;;;+4;-1/p-3. The van der Waals surface area contributed by atoms with Crippen LogP contribution in [0.3, 0.4) is 0 Å². The van der Waals surface area contributed by atoms with Crippen molar-refractivity contribution in [3.8, 4) is 0 Å². The van der Waals surface area contributed by atoms with Gasteiger partial charge in [0.05, 0.1) is 0 Å². The average Bonchev–Trinajstić information content (AvgIpc) is 1.41. The molecule has 0 atom stereocenters. The first-order chi connectivity index (χ1) is 2.73. The number of hydrogen-bond donors (Lipinski definition) is 0. The summed E-state index contributed by atoms with van der Waals surface area (Å²) in [6.07, 6.45) is 0. The molecule has 0 aromatic heterocycles. The molecule has 0 aliphatic heterocycles. The van der Waals surface area contributed by atoms with E-state index < -0.39 is 14.7 Å². The van der Waals surface area contributed by atoms with Crippen molar-refractivity contribution < 1.29 is 16.1 Å². The molecular weight excluding hydrogens is 178 g/mol. The summed E-state index contributed by atoms with van der Waals surface area (Å²) in [6.45, 7) is 4.00. The van der Waals surface area contributed by atoms with Crippen LogP contribution < -0.4 is 0 Å². The van der Waals surface area contributed by atoms with Gasteiger partial charge in [-0.1, -0.05) is 13.8 Å². The summed E-state index contributed by atoms with van der Waals surface area (Å²) in [5.41, 5.74) is 0. The fourth-order valence-electron chi connectivity index (χ4n) is 0. The molecule has 40 valence electrons. The number of rotatable bonds is 0. The summed E-state index contributed by atoms with van der Waals surface area (Å²) in [4.78, 5) is 0. The second-order valence-corrected chi connectivity index (χ2v) is 7.95. The van der Waals surface area contributed by atoms with Gasteiger partial charge in [-0.15, -0.1) is 0 Å². The summed E-state index contributed by atoms with van der Waals surface area (Å²) < 4.78 is 0. The normalized spacial score (nSPS) is 5.50. The van der Waals surface area contributed by atoms with Gasteiger partial charge in [0.1, 0.15) is 0 Å². The maximum Gasteiger partial charge on any atom is -1.00 e. The Morgan fingerprint density at radius 1 is 1.17 bits per heavy atom. The molecule has 0 rings (SSSR count). The van der Waals surface area contributed by atoms with E-state index in [1.807, 2.05) is 13.8 Å². The van der Waals surface area contributed by atoms with Crippen LogP contribution in [0.25, 0.3) is 0 Å². The third kappa shape index (κ3) is 46.8. The van der Waals surface area contributed by atoms with Crippen LogP contribution in [0.1, 0.15) is 15.3 Å². The second kappa shape index (κ2) is 9.77. The molecule has 0 saturated heterocycles. The molecule has 0 bridgehead atoms. The van der Waals surface area contributed by atoms with Crippen molar-refractivity contribution in [3.63, 3.8) is 0 Å².